The highest BCUT2D eigenvalue weighted by molar-refractivity contribution is 6.25. The van der Waals surface area contributed by atoms with Crippen LogP contribution in [0, 0.1) is 0 Å². The van der Waals surface area contributed by atoms with Gasteiger partial charge in [-0.2, -0.15) is 0 Å². The second-order valence-electron chi connectivity index (χ2n) is 7.73. The van der Waals surface area contributed by atoms with Crippen LogP contribution in [0.1, 0.15) is 51.2 Å². The van der Waals surface area contributed by atoms with Gasteiger partial charge in [0.15, 0.2) is 0 Å². The predicted octanol–water partition coefficient (Wildman–Crippen LogP) is 5.64. The molecule has 0 aromatic heterocycles. The summed E-state index contributed by atoms with van der Waals surface area (Å²) >= 11 is 0. The minimum atomic E-state index is -0.133. The van der Waals surface area contributed by atoms with E-state index < -0.39 is 0 Å². The van der Waals surface area contributed by atoms with Gasteiger partial charge in [0.2, 0.25) is 0 Å². The van der Waals surface area contributed by atoms with Crippen LogP contribution in [0.25, 0.3) is 5.70 Å². The number of hydrogen-bond donors (Lipinski definition) is 1. The fourth-order valence-corrected chi connectivity index (χ4v) is 4.32. The highest BCUT2D eigenvalue weighted by Crippen LogP contribution is 2.42. The summed E-state index contributed by atoms with van der Waals surface area (Å²) < 4.78 is 0. The van der Waals surface area contributed by atoms with E-state index in [4.69, 9.17) is 10.7 Å². The van der Waals surface area contributed by atoms with E-state index in [-0.39, 0.29) is 5.54 Å². The third-order valence-corrected chi connectivity index (χ3v) is 6.03. The first-order valence-corrected chi connectivity index (χ1v) is 10.3. The van der Waals surface area contributed by atoms with Crippen molar-refractivity contribution in [2.24, 2.45) is 10.7 Å². The lowest BCUT2D eigenvalue weighted by Crippen LogP contribution is -2.43. The molecule has 1 heterocycles. The molecule has 0 unspecified atom stereocenters. The Labute approximate surface area is 168 Å². The predicted molar refractivity (Wildman–Crippen MR) is 119 cm³/mol. The molecule has 1 aliphatic heterocycles. The molecule has 144 valence electrons. The maximum absolute atomic E-state index is 6.53. The molecule has 4 rings (SSSR count). The van der Waals surface area contributed by atoms with E-state index in [1.54, 1.807) is 0 Å². The van der Waals surface area contributed by atoms with Gasteiger partial charge in [-0.05, 0) is 68.9 Å². The fraction of sp³-hybridized carbons (Fsp3) is 0.320. The van der Waals surface area contributed by atoms with Gasteiger partial charge in [0.25, 0.3) is 0 Å². The van der Waals surface area contributed by atoms with Gasteiger partial charge in [0.1, 0.15) is 5.84 Å². The largest absolute Gasteiger partial charge is 0.321 e. The molecule has 3 nitrogen and oxygen atoms in total. The molecule has 1 fully saturated rings. The van der Waals surface area contributed by atoms with Crippen molar-refractivity contribution in [1.82, 2.24) is 0 Å². The Balaban J connectivity index is 1.82. The van der Waals surface area contributed by atoms with Crippen LogP contribution in [0.4, 0.5) is 5.69 Å². The highest BCUT2D eigenvalue weighted by Gasteiger charge is 2.35. The number of anilines is 1. The van der Waals surface area contributed by atoms with Gasteiger partial charge in [-0.3, -0.25) is 9.89 Å². The molecule has 3 heteroatoms. The zero-order valence-electron chi connectivity index (χ0n) is 17.1. The molecule has 2 aromatic rings. The first kappa shape index (κ1) is 18.7. The summed E-state index contributed by atoms with van der Waals surface area (Å²) in [5, 5.41) is 0. The Kier molecular flexibility index (Phi) is 4.94. The average Bonchev–Trinajstić information content (AvgIpc) is 2.98. The summed E-state index contributed by atoms with van der Waals surface area (Å²) in [5.74, 6) is 1.03. The molecule has 0 amide bonds. The molecule has 2 N–H and O–H groups in total. The first-order chi connectivity index (χ1) is 13.6. The van der Waals surface area contributed by atoms with Gasteiger partial charge in [0, 0.05) is 23.3 Å². The Bertz CT molecular complexity index is 945. The van der Waals surface area contributed by atoms with Crippen LogP contribution in [-0.2, 0) is 5.54 Å². The van der Waals surface area contributed by atoms with Crippen molar-refractivity contribution >= 4 is 17.2 Å². The molecule has 0 radical (unpaired) electrons. The molecule has 1 saturated carbocycles. The third-order valence-electron chi connectivity index (χ3n) is 6.03. The summed E-state index contributed by atoms with van der Waals surface area (Å²) in [6.07, 6.45) is 5.55. The van der Waals surface area contributed by atoms with Gasteiger partial charge >= 0.3 is 0 Å². The Morgan fingerprint density at radius 2 is 1.75 bits per heavy atom. The summed E-state index contributed by atoms with van der Waals surface area (Å²) in [6.45, 7) is 7.13. The highest BCUT2D eigenvalue weighted by atomic mass is 15.2. The minimum absolute atomic E-state index is 0.133. The smallest absolute Gasteiger partial charge is 0.140 e. The molecule has 0 spiro atoms. The standard InChI is InChI=1S/C25H29N3/c1-4-22-18(3)23(19-10-7-6-8-11-19)28(24(22)27-5-2)21-14-12-20(13-15-21)25(26)16-9-17-25/h4,6-8,10-15H,5,9,16-17,26H2,1-3H3/b22-4-,27-24?. The summed E-state index contributed by atoms with van der Waals surface area (Å²) in [4.78, 5) is 7.17. The van der Waals surface area contributed by atoms with Crippen molar-refractivity contribution in [3.8, 4) is 0 Å². The lowest BCUT2D eigenvalue weighted by atomic mass is 9.73. The summed E-state index contributed by atoms with van der Waals surface area (Å²) in [7, 11) is 0. The lowest BCUT2D eigenvalue weighted by Gasteiger charge is -2.38. The van der Waals surface area contributed by atoms with E-state index in [0.29, 0.717) is 0 Å². The molecule has 1 aliphatic carbocycles. The second-order valence-corrected chi connectivity index (χ2v) is 7.73. The third kappa shape index (κ3) is 3.00. The number of rotatable bonds is 4. The number of hydrogen-bond acceptors (Lipinski definition) is 2. The van der Waals surface area contributed by atoms with Crippen molar-refractivity contribution in [1.29, 1.82) is 0 Å². The van der Waals surface area contributed by atoms with E-state index in [1.165, 1.54) is 34.4 Å². The monoisotopic (exact) mass is 371 g/mol. The van der Waals surface area contributed by atoms with Crippen LogP contribution in [0.15, 0.2) is 76.8 Å². The Morgan fingerprint density at radius 1 is 1.07 bits per heavy atom. The van der Waals surface area contributed by atoms with Crippen molar-refractivity contribution in [3.05, 3.63) is 82.9 Å². The second kappa shape index (κ2) is 7.40. The number of benzene rings is 2. The zero-order valence-corrected chi connectivity index (χ0v) is 17.1. The van der Waals surface area contributed by atoms with Crippen LogP contribution < -0.4 is 10.6 Å². The Hall–Kier alpha value is -2.65. The first-order valence-electron chi connectivity index (χ1n) is 10.3. The molecule has 0 atom stereocenters. The number of nitrogens with zero attached hydrogens (tertiary/aromatic N) is 2. The van der Waals surface area contributed by atoms with E-state index in [0.717, 1.165) is 30.9 Å². The summed E-state index contributed by atoms with van der Waals surface area (Å²) in [5.41, 5.74) is 13.7. The average molecular weight is 372 g/mol. The SMILES string of the molecule is C/C=C1\C(=NCC)N(c2ccc(C3(N)CCC3)cc2)C(c2ccccc2)=C1C. The topological polar surface area (TPSA) is 41.6 Å². The minimum Gasteiger partial charge on any atom is -0.321 e. The molecule has 28 heavy (non-hydrogen) atoms. The van der Waals surface area contributed by atoms with Crippen molar-refractivity contribution in [2.75, 3.05) is 11.4 Å². The molecule has 2 aliphatic rings. The molecule has 2 aromatic carbocycles. The van der Waals surface area contributed by atoms with E-state index in [9.17, 15) is 0 Å². The molecule has 0 saturated heterocycles. The number of nitrogens with two attached hydrogens (primary N) is 1. The number of aliphatic imine (C=N–C) groups is 1. The van der Waals surface area contributed by atoms with Crippen molar-refractivity contribution in [2.45, 2.75) is 45.6 Å². The maximum atomic E-state index is 6.53. The van der Waals surface area contributed by atoms with Gasteiger partial charge in [-0.1, -0.05) is 48.5 Å². The van der Waals surface area contributed by atoms with Crippen LogP contribution in [-0.4, -0.2) is 12.4 Å². The number of amidine groups is 1. The van der Waals surface area contributed by atoms with Gasteiger partial charge < -0.3 is 5.73 Å². The van der Waals surface area contributed by atoms with E-state index >= 15 is 0 Å². The molecular weight excluding hydrogens is 342 g/mol. The van der Waals surface area contributed by atoms with Gasteiger partial charge in [-0.25, -0.2) is 0 Å². The number of allylic oxidation sites excluding steroid dienone is 1. The fourth-order valence-electron chi connectivity index (χ4n) is 4.32. The van der Waals surface area contributed by atoms with E-state index in [1.807, 2.05) is 0 Å². The quantitative estimate of drug-likeness (QED) is 0.755. The summed E-state index contributed by atoms with van der Waals surface area (Å²) in [6, 6.07) is 19.4. The van der Waals surface area contributed by atoms with Gasteiger partial charge in [-0.15, -0.1) is 0 Å². The van der Waals surface area contributed by atoms with Crippen LogP contribution in [0.5, 0.6) is 0 Å². The maximum Gasteiger partial charge on any atom is 0.140 e. The lowest BCUT2D eigenvalue weighted by molar-refractivity contribution is 0.253. The Morgan fingerprint density at radius 3 is 2.29 bits per heavy atom. The van der Waals surface area contributed by atoms with Crippen LogP contribution in [0.3, 0.4) is 0 Å². The van der Waals surface area contributed by atoms with Crippen molar-refractivity contribution in [3.63, 3.8) is 0 Å². The normalized spacial score (nSPS) is 21.5. The zero-order chi connectivity index (χ0) is 19.7. The molecular formula is C25H29N3. The van der Waals surface area contributed by atoms with Crippen LogP contribution in [0.2, 0.25) is 0 Å². The van der Waals surface area contributed by atoms with Gasteiger partial charge in [0.05, 0.1) is 5.70 Å². The van der Waals surface area contributed by atoms with Crippen LogP contribution >= 0.6 is 0 Å². The van der Waals surface area contributed by atoms with Crippen molar-refractivity contribution < 1.29 is 0 Å². The van der Waals surface area contributed by atoms with E-state index in [2.05, 4.69) is 86.3 Å². The molecule has 0 bridgehead atoms.